The Balaban J connectivity index is 1.89. The summed E-state index contributed by atoms with van der Waals surface area (Å²) in [6, 6.07) is 6.42. The smallest absolute Gasteiger partial charge is 0.317 e. The lowest BCUT2D eigenvalue weighted by atomic mass is 10.3. The van der Waals surface area contributed by atoms with E-state index in [2.05, 4.69) is 10.3 Å². The van der Waals surface area contributed by atoms with Gasteiger partial charge in [-0.15, -0.1) is 0 Å². The van der Waals surface area contributed by atoms with Crippen molar-refractivity contribution in [2.45, 2.75) is 31.9 Å². The van der Waals surface area contributed by atoms with Crippen LogP contribution in [0, 0.1) is 5.92 Å². The number of nitrogens with zero attached hydrogens (tertiary/aromatic N) is 3. The predicted molar refractivity (Wildman–Crippen MR) is 130 cm³/mol. The van der Waals surface area contributed by atoms with E-state index in [0.29, 0.717) is 43.8 Å². The number of ether oxygens (including phenoxy) is 1. The van der Waals surface area contributed by atoms with Gasteiger partial charge in [-0.25, -0.2) is 13.2 Å². The van der Waals surface area contributed by atoms with Gasteiger partial charge in [-0.1, -0.05) is 26.0 Å². The van der Waals surface area contributed by atoms with E-state index in [1.54, 1.807) is 38.1 Å². The van der Waals surface area contributed by atoms with Crippen molar-refractivity contribution in [2.75, 3.05) is 50.0 Å². The number of para-hydroxylation sites is 2. The van der Waals surface area contributed by atoms with E-state index >= 15 is 0 Å². The monoisotopic (exact) mass is 508 g/mol. The van der Waals surface area contributed by atoms with Gasteiger partial charge in [0.2, 0.25) is 0 Å². The maximum atomic E-state index is 13.7. The summed E-state index contributed by atoms with van der Waals surface area (Å²) in [5, 5.41) is 1.07. The highest BCUT2D eigenvalue weighted by Crippen LogP contribution is 2.24. The van der Waals surface area contributed by atoms with Crippen molar-refractivity contribution in [2.24, 2.45) is 5.92 Å². The predicted octanol–water partition coefficient (Wildman–Crippen LogP) is 1.62. The summed E-state index contributed by atoms with van der Waals surface area (Å²) >= 11 is 0. The van der Waals surface area contributed by atoms with E-state index in [4.69, 9.17) is 9.15 Å². The molecule has 3 rings (SSSR count). The van der Waals surface area contributed by atoms with E-state index in [1.807, 2.05) is 0 Å². The van der Waals surface area contributed by atoms with Gasteiger partial charge in [0.15, 0.2) is 20.7 Å². The molecule has 3 amide bonds. The normalized spacial score (nSPS) is 15.2. The number of unbranched alkanes of at least 4 members (excludes halogenated alkanes) is 1. The molecule has 1 saturated heterocycles. The highest BCUT2D eigenvalue weighted by molar-refractivity contribution is 7.92. The topological polar surface area (TPSA) is 139 Å². The number of amides is 3. The summed E-state index contributed by atoms with van der Waals surface area (Å²) in [5.41, 5.74) is 0.954. The van der Waals surface area contributed by atoms with Gasteiger partial charge in [0.25, 0.3) is 5.91 Å². The Morgan fingerprint density at radius 1 is 1.23 bits per heavy atom. The van der Waals surface area contributed by atoms with Crippen LogP contribution in [-0.4, -0.2) is 86.9 Å². The molecular formula is C23H32N4O7S. The van der Waals surface area contributed by atoms with Crippen molar-refractivity contribution in [1.29, 1.82) is 0 Å². The molecule has 0 bridgehead atoms. The lowest BCUT2D eigenvalue weighted by Crippen LogP contribution is -2.53. The number of oxazole rings is 1. The standard InChI is InChI=1S/C23H32N4O7S/c1-17(2)16-35(31,32)20(15-24-22(30)26-10-13-33-14-11-26)21(29)27(9-5-6-12-28)23-25-18-7-3-4-8-19(18)34-23/h3-4,7-8,12,17,20H,5-6,9-11,13-16H2,1-2H3,(H,24,30). The van der Waals surface area contributed by atoms with E-state index in [1.165, 1.54) is 4.90 Å². The van der Waals surface area contributed by atoms with Gasteiger partial charge in [0, 0.05) is 32.6 Å². The Kier molecular flexibility index (Phi) is 9.21. The zero-order valence-corrected chi connectivity index (χ0v) is 20.8. The number of aldehydes is 1. The van der Waals surface area contributed by atoms with E-state index in [-0.39, 0.29) is 30.7 Å². The van der Waals surface area contributed by atoms with Gasteiger partial charge in [0.05, 0.1) is 19.0 Å². The van der Waals surface area contributed by atoms with Gasteiger partial charge in [-0.2, -0.15) is 4.98 Å². The van der Waals surface area contributed by atoms with Crippen LogP contribution >= 0.6 is 0 Å². The molecule has 35 heavy (non-hydrogen) atoms. The summed E-state index contributed by atoms with van der Waals surface area (Å²) < 4.78 is 37.5. The van der Waals surface area contributed by atoms with Crippen molar-refractivity contribution in [1.82, 2.24) is 15.2 Å². The number of benzene rings is 1. The Labute approximate surface area is 204 Å². The summed E-state index contributed by atoms with van der Waals surface area (Å²) in [4.78, 5) is 44.2. The number of carbonyl (C=O) groups excluding carboxylic acids is 3. The average molecular weight is 509 g/mol. The van der Waals surface area contributed by atoms with Crippen LogP contribution in [-0.2, 0) is 24.2 Å². The molecule has 11 nitrogen and oxygen atoms in total. The molecule has 1 unspecified atom stereocenters. The molecule has 2 heterocycles. The number of morpholine rings is 1. The maximum Gasteiger partial charge on any atom is 0.317 e. The van der Waals surface area contributed by atoms with E-state index in [9.17, 15) is 22.8 Å². The minimum atomic E-state index is -3.95. The second kappa shape index (κ2) is 12.1. The van der Waals surface area contributed by atoms with Crippen molar-refractivity contribution in [3.8, 4) is 0 Å². The van der Waals surface area contributed by atoms with Crippen LogP contribution in [0.15, 0.2) is 28.7 Å². The first kappa shape index (κ1) is 26.6. The first-order valence-corrected chi connectivity index (χ1v) is 13.4. The highest BCUT2D eigenvalue weighted by atomic mass is 32.2. The van der Waals surface area contributed by atoms with Crippen molar-refractivity contribution >= 4 is 45.2 Å². The third kappa shape index (κ3) is 7.01. The second-order valence-corrected chi connectivity index (χ2v) is 11.0. The van der Waals surface area contributed by atoms with Crippen molar-refractivity contribution < 1.29 is 32.0 Å². The molecule has 0 radical (unpaired) electrons. The molecule has 0 saturated carbocycles. The highest BCUT2D eigenvalue weighted by Gasteiger charge is 2.38. The molecule has 12 heteroatoms. The molecule has 1 atom stereocenters. The van der Waals surface area contributed by atoms with Crippen LogP contribution < -0.4 is 10.2 Å². The molecule has 1 aliphatic rings. The maximum absolute atomic E-state index is 13.7. The fraction of sp³-hybridized carbons (Fsp3) is 0.565. The van der Waals surface area contributed by atoms with Crippen LogP contribution in [0.1, 0.15) is 26.7 Å². The van der Waals surface area contributed by atoms with Gasteiger partial charge < -0.3 is 24.2 Å². The third-order valence-electron chi connectivity index (χ3n) is 5.49. The summed E-state index contributed by atoms with van der Waals surface area (Å²) in [6.07, 6.45) is 1.20. The number of urea groups is 1. The van der Waals surface area contributed by atoms with E-state index < -0.39 is 33.6 Å². The van der Waals surface area contributed by atoms with Gasteiger partial charge in [0.1, 0.15) is 11.8 Å². The zero-order chi connectivity index (χ0) is 25.4. The second-order valence-electron chi connectivity index (χ2n) is 8.76. The van der Waals surface area contributed by atoms with Crippen molar-refractivity contribution in [3.63, 3.8) is 0 Å². The number of rotatable bonds is 11. The first-order valence-electron chi connectivity index (χ1n) is 11.7. The van der Waals surface area contributed by atoms with E-state index in [0.717, 1.165) is 11.2 Å². The Morgan fingerprint density at radius 3 is 2.60 bits per heavy atom. The van der Waals surface area contributed by atoms with Crippen LogP contribution in [0.3, 0.4) is 0 Å². The molecule has 192 valence electrons. The Hall–Kier alpha value is -2.99. The SMILES string of the molecule is CC(C)CS(=O)(=O)C(CNC(=O)N1CCOCC1)C(=O)N(CCCC=O)c1nc2ccccc2o1. The number of anilines is 1. The summed E-state index contributed by atoms with van der Waals surface area (Å²) in [5.74, 6) is -1.21. The number of carbonyl (C=O) groups is 3. The lowest BCUT2D eigenvalue weighted by Gasteiger charge is -2.29. The van der Waals surface area contributed by atoms with Gasteiger partial charge in [-0.05, 0) is 24.5 Å². The molecule has 1 fully saturated rings. The summed E-state index contributed by atoms with van der Waals surface area (Å²) in [7, 11) is -3.95. The number of hydrogen-bond acceptors (Lipinski definition) is 8. The quantitative estimate of drug-likeness (QED) is 0.357. The average Bonchev–Trinajstić information content (AvgIpc) is 3.25. The molecule has 1 aromatic carbocycles. The first-order chi connectivity index (χ1) is 16.7. The van der Waals surface area contributed by atoms with Crippen molar-refractivity contribution in [3.05, 3.63) is 24.3 Å². The Bertz CT molecular complexity index is 1090. The zero-order valence-electron chi connectivity index (χ0n) is 20.0. The minimum Gasteiger partial charge on any atom is -0.423 e. The molecule has 2 aromatic rings. The lowest BCUT2D eigenvalue weighted by molar-refractivity contribution is -0.118. The van der Waals surface area contributed by atoms with Crippen LogP contribution in [0.2, 0.25) is 0 Å². The molecule has 1 aromatic heterocycles. The molecule has 1 N–H and O–H groups in total. The fourth-order valence-corrected chi connectivity index (χ4v) is 5.72. The molecular weight excluding hydrogens is 476 g/mol. The molecule has 1 aliphatic heterocycles. The largest absolute Gasteiger partial charge is 0.423 e. The van der Waals surface area contributed by atoms with Crippen LogP contribution in [0.25, 0.3) is 11.1 Å². The van der Waals surface area contributed by atoms with Crippen LogP contribution in [0.5, 0.6) is 0 Å². The minimum absolute atomic E-state index is 0.0372. The summed E-state index contributed by atoms with van der Waals surface area (Å²) in [6.45, 7) is 4.67. The van der Waals surface area contributed by atoms with Gasteiger partial charge >= 0.3 is 12.0 Å². The Morgan fingerprint density at radius 2 is 1.94 bits per heavy atom. The molecule has 0 spiro atoms. The molecule has 0 aliphatic carbocycles. The number of aromatic nitrogens is 1. The van der Waals surface area contributed by atoms with Gasteiger partial charge in [-0.3, -0.25) is 9.69 Å². The third-order valence-corrected chi connectivity index (χ3v) is 7.86. The number of fused-ring (bicyclic) bond motifs is 1. The number of hydrogen-bond donors (Lipinski definition) is 1. The number of nitrogens with one attached hydrogen (secondary N) is 1. The van der Waals surface area contributed by atoms with Crippen LogP contribution in [0.4, 0.5) is 10.8 Å². The fourth-order valence-electron chi connectivity index (χ4n) is 3.79. The number of sulfone groups is 1.